The number of carbonyl (C=O) groups is 1. The van der Waals surface area contributed by atoms with Crippen LogP contribution in [0.2, 0.25) is 5.02 Å². The molecular weight excluding hydrogens is 444 g/mol. The van der Waals surface area contributed by atoms with E-state index in [-0.39, 0.29) is 17.6 Å². The first-order chi connectivity index (χ1) is 15.5. The minimum absolute atomic E-state index is 0.0872. The molecule has 0 bridgehead atoms. The van der Waals surface area contributed by atoms with E-state index in [0.717, 1.165) is 46.0 Å². The molecule has 0 spiro atoms. The molecule has 2 aromatic heterocycles. The molecule has 0 unspecified atom stereocenters. The minimum atomic E-state index is -0.299. The number of aromatic amines is 1. The molecule has 0 amide bonds. The molecule has 1 aliphatic rings. The number of Topliss-reactive ketones (excluding diaryl/α,β-unsaturated/α-hetero) is 1. The molecular formula is C24H23ClN4O2S. The molecule has 2 aromatic carbocycles. The fourth-order valence-corrected chi connectivity index (χ4v) is 5.09. The Morgan fingerprint density at radius 2 is 1.97 bits per heavy atom. The molecule has 1 atom stereocenters. The topological polar surface area (TPSA) is 72.8 Å². The van der Waals surface area contributed by atoms with Crippen molar-refractivity contribution in [3.8, 4) is 5.75 Å². The van der Waals surface area contributed by atoms with Crippen molar-refractivity contribution in [2.24, 2.45) is 0 Å². The molecule has 1 aliphatic carbocycles. The molecule has 0 radical (unpaired) electrons. The van der Waals surface area contributed by atoms with Crippen molar-refractivity contribution in [1.29, 1.82) is 0 Å². The first-order valence-electron chi connectivity index (χ1n) is 10.6. The Kier molecular flexibility index (Phi) is 5.69. The smallest absolute Gasteiger partial charge is 0.192 e. The van der Waals surface area contributed by atoms with Gasteiger partial charge in [-0.15, -0.1) is 10.2 Å². The zero-order chi connectivity index (χ0) is 22.2. The van der Waals surface area contributed by atoms with Crippen molar-refractivity contribution < 1.29 is 9.53 Å². The van der Waals surface area contributed by atoms with E-state index in [1.165, 1.54) is 11.8 Å². The number of hydrogen-bond acceptors (Lipinski definition) is 5. The van der Waals surface area contributed by atoms with Crippen LogP contribution in [0.5, 0.6) is 5.75 Å². The first kappa shape index (κ1) is 21.1. The average molecular weight is 467 g/mol. The highest BCUT2D eigenvalue weighted by molar-refractivity contribution is 8.00. The molecule has 0 saturated heterocycles. The van der Waals surface area contributed by atoms with Crippen LogP contribution in [0.3, 0.4) is 0 Å². The molecule has 1 N–H and O–H groups in total. The third-order valence-corrected chi connectivity index (χ3v) is 7.00. The highest BCUT2D eigenvalue weighted by atomic mass is 35.5. The summed E-state index contributed by atoms with van der Waals surface area (Å²) in [6.45, 7) is 4.15. The van der Waals surface area contributed by atoms with Crippen LogP contribution < -0.4 is 4.74 Å². The van der Waals surface area contributed by atoms with Crippen molar-refractivity contribution in [3.05, 3.63) is 70.6 Å². The van der Waals surface area contributed by atoms with E-state index in [1.807, 2.05) is 56.3 Å². The Bertz CT molecular complexity index is 1290. The van der Waals surface area contributed by atoms with Crippen molar-refractivity contribution in [2.45, 2.75) is 49.7 Å². The summed E-state index contributed by atoms with van der Waals surface area (Å²) in [6.07, 6.45) is 2.16. The number of nitrogens with zero attached hydrogens (tertiary/aromatic N) is 3. The number of carbonyl (C=O) groups excluding carboxylic acids is 1. The summed E-state index contributed by atoms with van der Waals surface area (Å²) < 4.78 is 8.01. The number of aryl methyl sites for hydroxylation is 1. The van der Waals surface area contributed by atoms with Crippen LogP contribution in [0.4, 0.5) is 0 Å². The van der Waals surface area contributed by atoms with Gasteiger partial charge in [0.05, 0.1) is 10.3 Å². The van der Waals surface area contributed by atoms with E-state index in [9.17, 15) is 4.79 Å². The van der Waals surface area contributed by atoms with Gasteiger partial charge in [0.1, 0.15) is 12.4 Å². The van der Waals surface area contributed by atoms with E-state index < -0.39 is 0 Å². The Morgan fingerprint density at radius 1 is 1.22 bits per heavy atom. The Morgan fingerprint density at radius 3 is 2.75 bits per heavy atom. The number of benzene rings is 2. The van der Waals surface area contributed by atoms with E-state index in [1.54, 1.807) is 6.07 Å². The average Bonchev–Trinajstić information content (AvgIpc) is 3.46. The maximum atomic E-state index is 13.4. The zero-order valence-corrected chi connectivity index (χ0v) is 19.4. The minimum Gasteiger partial charge on any atom is -0.484 e. The molecule has 1 fully saturated rings. The molecule has 6 nitrogen and oxygen atoms in total. The van der Waals surface area contributed by atoms with Crippen LogP contribution in [0.15, 0.2) is 53.7 Å². The normalized spacial score (nSPS) is 14.6. The maximum absolute atomic E-state index is 13.4. The van der Waals surface area contributed by atoms with Crippen molar-refractivity contribution >= 4 is 40.0 Å². The molecule has 164 valence electrons. The van der Waals surface area contributed by atoms with Crippen LogP contribution in [-0.2, 0) is 6.61 Å². The van der Waals surface area contributed by atoms with E-state index in [2.05, 4.69) is 19.7 Å². The van der Waals surface area contributed by atoms with Crippen LogP contribution in [0, 0.1) is 6.92 Å². The first-order valence-corrected chi connectivity index (χ1v) is 11.9. The lowest BCUT2D eigenvalue weighted by molar-refractivity contribution is 0.0995. The lowest BCUT2D eigenvalue weighted by Gasteiger charge is -2.13. The number of thioether (sulfide) groups is 1. The summed E-state index contributed by atoms with van der Waals surface area (Å²) in [5.41, 5.74) is 2.62. The van der Waals surface area contributed by atoms with Crippen LogP contribution in [-0.4, -0.2) is 30.8 Å². The zero-order valence-electron chi connectivity index (χ0n) is 17.8. The van der Waals surface area contributed by atoms with Crippen LogP contribution >= 0.6 is 23.4 Å². The number of nitrogens with one attached hydrogen (secondary N) is 1. The number of hydrogen-bond donors (Lipinski definition) is 1. The number of rotatable bonds is 8. The fraction of sp³-hybridized carbons (Fsp3) is 0.292. The highest BCUT2D eigenvalue weighted by Crippen LogP contribution is 2.40. The number of ketones is 1. The molecule has 32 heavy (non-hydrogen) atoms. The monoisotopic (exact) mass is 466 g/mol. The second-order valence-corrected chi connectivity index (χ2v) is 9.73. The van der Waals surface area contributed by atoms with Gasteiger partial charge in [-0.25, -0.2) is 0 Å². The van der Waals surface area contributed by atoms with Gasteiger partial charge < -0.3 is 9.72 Å². The number of ether oxygens (including phenoxy) is 1. The highest BCUT2D eigenvalue weighted by Gasteiger charge is 2.32. The third kappa shape index (κ3) is 4.02. The molecule has 4 aromatic rings. The quantitative estimate of drug-likeness (QED) is 0.254. The third-order valence-electron chi connectivity index (χ3n) is 5.63. The summed E-state index contributed by atoms with van der Waals surface area (Å²) in [6, 6.07) is 15.6. The number of fused-ring (bicyclic) bond motifs is 1. The lowest BCUT2D eigenvalue weighted by atomic mass is 10.1. The van der Waals surface area contributed by atoms with Gasteiger partial charge in [0.2, 0.25) is 0 Å². The van der Waals surface area contributed by atoms with Gasteiger partial charge in [0.25, 0.3) is 0 Å². The molecule has 2 heterocycles. The van der Waals surface area contributed by atoms with Gasteiger partial charge in [-0.3, -0.25) is 9.36 Å². The SMILES string of the molecule is Cc1[nH]c2ccccc2c1C(=O)[C@@H](C)Sc1nnc(COc2ccccc2Cl)n1C1CC1. The van der Waals surface area contributed by atoms with Crippen LogP contribution in [0.1, 0.15) is 47.7 Å². The predicted molar refractivity (Wildman–Crippen MR) is 127 cm³/mol. The van der Waals surface area contributed by atoms with Crippen molar-refractivity contribution in [2.75, 3.05) is 0 Å². The van der Waals surface area contributed by atoms with Gasteiger partial charge in [0, 0.05) is 28.2 Å². The Hall–Kier alpha value is -2.77. The van der Waals surface area contributed by atoms with Gasteiger partial charge in [-0.05, 0) is 44.9 Å². The number of halogens is 1. The van der Waals surface area contributed by atoms with Gasteiger partial charge in [-0.2, -0.15) is 0 Å². The van der Waals surface area contributed by atoms with Crippen molar-refractivity contribution in [1.82, 2.24) is 19.7 Å². The summed E-state index contributed by atoms with van der Waals surface area (Å²) in [4.78, 5) is 16.7. The largest absolute Gasteiger partial charge is 0.484 e. The predicted octanol–water partition coefficient (Wildman–Crippen LogP) is 6.00. The molecule has 0 aliphatic heterocycles. The summed E-state index contributed by atoms with van der Waals surface area (Å²) in [5, 5.41) is 10.8. The van der Waals surface area contributed by atoms with Gasteiger partial charge >= 0.3 is 0 Å². The van der Waals surface area contributed by atoms with E-state index in [4.69, 9.17) is 16.3 Å². The lowest BCUT2D eigenvalue weighted by Crippen LogP contribution is -2.16. The number of aromatic nitrogens is 4. The van der Waals surface area contributed by atoms with Gasteiger partial charge in [-0.1, -0.05) is 53.7 Å². The fourth-order valence-electron chi connectivity index (χ4n) is 3.90. The molecule has 8 heteroatoms. The van der Waals surface area contributed by atoms with Crippen LogP contribution in [0.25, 0.3) is 10.9 Å². The Labute approximate surface area is 195 Å². The number of H-pyrrole nitrogens is 1. The van der Waals surface area contributed by atoms with Gasteiger partial charge in [0.15, 0.2) is 16.8 Å². The van der Waals surface area contributed by atoms with Crippen molar-refractivity contribution in [3.63, 3.8) is 0 Å². The number of para-hydroxylation sites is 2. The Balaban J connectivity index is 1.36. The second-order valence-electron chi connectivity index (χ2n) is 8.01. The summed E-state index contributed by atoms with van der Waals surface area (Å²) in [5.74, 6) is 1.45. The van der Waals surface area contributed by atoms with E-state index in [0.29, 0.717) is 16.8 Å². The second kappa shape index (κ2) is 8.64. The molecule has 5 rings (SSSR count). The standard InChI is InChI=1S/C24H23ClN4O2S/c1-14-22(17-7-3-5-9-19(17)26-14)23(30)15(2)32-24-28-27-21(29(24)16-11-12-16)13-31-20-10-6-4-8-18(20)25/h3-10,15-16,26H,11-13H2,1-2H3/t15-/m1/s1. The maximum Gasteiger partial charge on any atom is 0.192 e. The molecule has 1 saturated carbocycles. The van der Waals surface area contributed by atoms with E-state index >= 15 is 0 Å². The summed E-state index contributed by atoms with van der Waals surface area (Å²) >= 11 is 7.66. The summed E-state index contributed by atoms with van der Waals surface area (Å²) in [7, 11) is 0.